The summed E-state index contributed by atoms with van der Waals surface area (Å²) in [5, 5.41) is 0. The first-order valence-electron chi connectivity index (χ1n) is 7.10. The summed E-state index contributed by atoms with van der Waals surface area (Å²) in [7, 11) is -3.48. The van der Waals surface area contributed by atoms with Crippen LogP contribution in [0.1, 0.15) is 36.3 Å². The van der Waals surface area contributed by atoms with Crippen LogP contribution in [0.4, 0.5) is 0 Å². The molecule has 3 rings (SSSR count). The summed E-state index contributed by atoms with van der Waals surface area (Å²) >= 11 is 5.92. The lowest BCUT2D eigenvalue weighted by Gasteiger charge is -2.17. The van der Waals surface area contributed by atoms with Gasteiger partial charge in [-0.05, 0) is 38.5 Å². The molecule has 6 heteroatoms. The number of hydrogen-bond donors (Lipinski definition) is 0. The molecule has 2 atom stereocenters. The van der Waals surface area contributed by atoms with Crippen LogP contribution in [-0.2, 0) is 15.9 Å². The molecule has 112 valence electrons. The van der Waals surface area contributed by atoms with Crippen LogP contribution in [0.5, 0.6) is 0 Å². The summed E-state index contributed by atoms with van der Waals surface area (Å²) in [4.78, 5) is 0.296. The summed E-state index contributed by atoms with van der Waals surface area (Å²) in [5.74, 6) is 2.30. The van der Waals surface area contributed by atoms with Crippen LogP contribution in [0, 0.1) is 25.7 Å². The van der Waals surface area contributed by atoms with Crippen molar-refractivity contribution in [3.63, 3.8) is 0 Å². The lowest BCUT2D eigenvalue weighted by Crippen LogP contribution is -2.30. The number of furan rings is 1. The van der Waals surface area contributed by atoms with E-state index in [0.29, 0.717) is 46.9 Å². The summed E-state index contributed by atoms with van der Waals surface area (Å²) in [6.45, 7) is 4.77. The predicted molar refractivity (Wildman–Crippen MR) is 77.3 cm³/mol. The van der Waals surface area contributed by atoms with Crippen molar-refractivity contribution in [3.8, 4) is 0 Å². The third kappa shape index (κ3) is 2.11. The van der Waals surface area contributed by atoms with E-state index in [0.717, 1.165) is 12.8 Å². The Labute approximate surface area is 125 Å². The van der Waals surface area contributed by atoms with Crippen molar-refractivity contribution >= 4 is 21.6 Å². The number of halogens is 1. The maximum absolute atomic E-state index is 12.9. The van der Waals surface area contributed by atoms with Gasteiger partial charge < -0.3 is 4.42 Å². The highest BCUT2D eigenvalue weighted by Crippen LogP contribution is 2.41. The molecule has 0 N–H and O–H groups in total. The van der Waals surface area contributed by atoms with Crippen LogP contribution in [0.15, 0.2) is 9.31 Å². The second-order valence-corrected chi connectivity index (χ2v) is 8.07. The summed E-state index contributed by atoms with van der Waals surface area (Å²) in [6.07, 6.45) is 3.55. The van der Waals surface area contributed by atoms with Gasteiger partial charge in [-0.25, -0.2) is 8.42 Å². The van der Waals surface area contributed by atoms with Crippen molar-refractivity contribution in [2.45, 2.75) is 43.9 Å². The Hall–Kier alpha value is -0.520. The Morgan fingerprint density at radius 3 is 2.35 bits per heavy atom. The van der Waals surface area contributed by atoms with Gasteiger partial charge in [-0.2, -0.15) is 4.31 Å². The highest BCUT2D eigenvalue weighted by atomic mass is 35.5. The molecule has 1 aromatic heterocycles. The highest BCUT2D eigenvalue weighted by Gasteiger charge is 2.43. The van der Waals surface area contributed by atoms with Crippen LogP contribution < -0.4 is 0 Å². The van der Waals surface area contributed by atoms with Gasteiger partial charge in [0.2, 0.25) is 10.0 Å². The van der Waals surface area contributed by atoms with Gasteiger partial charge >= 0.3 is 0 Å². The molecule has 2 heterocycles. The Balaban J connectivity index is 1.97. The molecule has 1 saturated heterocycles. The zero-order valence-electron chi connectivity index (χ0n) is 11.9. The molecule has 0 spiro atoms. The molecular weight excluding hydrogens is 298 g/mol. The molecule has 1 aromatic rings. The molecule has 0 bridgehead atoms. The Bertz CT molecular complexity index is 611. The zero-order chi connectivity index (χ0) is 14.5. The van der Waals surface area contributed by atoms with Gasteiger partial charge in [-0.3, -0.25) is 0 Å². The second-order valence-electron chi connectivity index (χ2n) is 5.93. The number of sulfonamides is 1. The molecule has 1 aliphatic carbocycles. The molecule has 20 heavy (non-hydrogen) atoms. The number of rotatable bonds is 3. The lowest BCUT2D eigenvalue weighted by atomic mass is 10.0. The number of nitrogens with zero attached hydrogens (tertiary/aromatic N) is 1. The van der Waals surface area contributed by atoms with Gasteiger partial charge in [0.25, 0.3) is 0 Å². The van der Waals surface area contributed by atoms with Gasteiger partial charge in [-0.15, -0.1) is 11.6 Å². The monoisotopic (exact) mass is 317 g/mol. The van der Waals surface area contributed by atoms with Crippen molar-refractivity contribution < 1.29 is 12.8 Å². The molecule has 4 nitrogen and oxygen atoms in total. The minimum Gasteiger partial charge on any atom is -0.465 e. The Morgan fingerprint density at radius 2 is 1.80 bits per heavy atom. The first kappa shape index (κ1) is 14.4. The van der Waals surface area contributed by atoms with E-state index in [2.05, 4.69) is 0 Å². The number of alkyl halides is 1. The predicted octanol–water partition coefficient (Wildman–Crippen LogP) is 3.06. The van der Waals surface area contributed by atoms with Gasteiger partial charge in [-0.1, -0.05) is 6.42 Å². The molecule has 0 radical (unpaired) electrons. The molecular formula is C14H20ClNO3S. The quantitative estimate of drug-likeness (QED) is 0.805. The van der Waals surface area contributed by atoms with E-state index in [1.54, 1.807) is 18.2 Å². The van der Waals surface area contributed by atoms with Gasteiger partial charge in [0.15, 0.2) is 0 Å². The van der Waals surface area contributed by atoms with Gasteiger partial charge in [0.05, 0.1) is 5.88 Å². The van der Waals surface area contributed by atoms with Crippen LogP contribution >= 0.6 is 11.6 Å². The van der Waals surface area contributed by atoms with E-state index < -0.39 is 10.0 Å². The fourth-order valence-electron chi connectivity index (χ4n) is 3.72. The standard InChI is InChI=1S/C14H20ClNO3S/c1-9-13(6-15)14(10(2)19-9)20(17,18)16-7-11-4-3-5-12(11)8-16/h11-12H,3-8H2,1-2H3. The minimum absolute atomic E-state index is 0.165. The van der Waals surface area contributed by atoms with Crippen LogP contribution in [-0.4, -0.2) is 25.8 Å². The van der Waals surface area contributed by atoms with Gasteiger partial charge in [0.1, 0.15) is 16.4 Å². The first-order chi connectivity index (χ1) is 9.45. The van der Waals surface area contributed by atoms with E-state index in [1.807, 2.05) is 0 Å². The molecule has 0 aromatic carbocycles. The normalized spacial score (nSPS) is 27.1. The van der Waals surface area contributed by atoms with E-state index >= 15 is 0 Å². The molecule has 2 aliphatic rings. The third-order valence-electron chi connectivity index (χ3n) is 4.75. The third-order valence-corrected chi connectivity index (χ3v) is 7.04. The minimum atomic E-state index is -3.48. The van der Waals surface area contributed by atoms with Crippen molar-refractivity contribution in [2.24, 2.45) is 11.8 Å². The maximum Gasteiger partial charge on any atom is 0.246 e. The lowest BCUT2D eigenvalue weighted by molar-refractivity contribution is 0.441. The summed E-state index contributed by atoms with van der Waals surface area (Å²) in [6, 6.07) is 0. The SMILES string of the molecule is Cc1oc(C)c(S(=O)(=O)N2CC3CCCC3C2)c1CCl. The average molecular weight is 318 g/mol. The van der Waals surface area contributed by atoms with Crippen molar-refractivity contribution in [3.05, 3.63) is 17.1 Å². The van der Waals surface area contributed by atoms with Crippen molar-refractivity contribution in [1.82, 2.24) is 4.31 Å². The number of fused-ring (bicyclic) bond motifs is 1. The van der Waals surface area contributed by atoms with Crippen LogP contribution in [0.2, 0.25) is 0 Å². The smallest absolute Gasteiger partial charge is 0.246 e. The fourth-order valence-corrected chi connectivity index (χ4v) is 6.09. The van der Waals surface area contributed by atoms with Crippen LogP contribution in [0.25, 0.3) is 0 Å². The Morgan fingerprint density at radius 1 is 1.20 bits per heavy atom. The molecule has 1 saturated carbocycles. The van der Waals surface area contributed by atoms with Crippen LogP contribution in [0.3, 0.4) is 0 Å². The number of aryl methyl sites for hydroxylation is 2. The van der Waals surface area contributed by atoms with Gasteiger partial charge in [0, 0.05) is 18.7 Å². The molecule has 0 amide bonds. The van der Waals surface area contributed by atoms with E-state index in [9.17, 15) is 8.42 Å². The second kappa shape index (κ2) is 5.04. The molecule has 2 unspecified atom stereocenters. The highest BCUT2D eigenvalue weighted by molar-refractivity contribution is 7.89. The molecule has 1 aliphatic heterocycles. The first-order valence-corrected chi connectivity index (χ1v) is 9.07. The average Bonchev–Trinajstić information content (AvgIpc) is 3.00. The van der Waals surface area contributed by atoms with E-state index in [4.69, 9.17) is 16.0 Å². The van der Waals surface area contributed by atoms with Crippen molar-refractivity contribution in [2.75, 3.05) is 13.1 Å². The maximum atomic E-state index is 12.9. The largest absolute Gasteiger partial charge is 0.465 e. The van der Waals surface area contributed by atoms with Crippen molar-refractivity contribution in [1.29, 1.82) is 0 Å². The number of hydrogen-bond acceptors (Lipinski definition) is 3. The van der Waals surface area contributed by atoms with E-state index in [1.165, 1.54) is 6.42 Å². The fraction of sp³-hybridized carbons (Fsp3) is 0.714. The Kier molecular flexibility index (Phi) is 3.63. The molecule has 2 fully saturated rings. The summed E-state index contributed by atoms with van der Waals surface area (Å²) in [5.41, 5.74) is 0.612. The zero-order valence-corrected chi connectivity index (χ0v) is 13.4. The summed E-state index contributed by atoms with van der Waals surface area (Å²) < 4.78 is 32.9. The van der Waals surface area contributed by atoms with E-state index in [-0.39, 0.29) is 5.88 Å². The topological polar surface area (TPSA) is 50.5 Å².